The minimum absolute atomic E-state index is 0.0988. The van der Waals surface area contributed by atoms with Crippen molar-refractivity contribution < 1.29 is 22.6 Å². The van der Waals surface area contributed by atoms with Crippen LogP contribution < -0.4 is 5.32 Å². The largest absolute Gasteiger partial charge is 0.416 e. The molecule has 0 aliphatic heterocycles. The highest BCUT2D eigenvalue weighted by atomic mass is 35.5. The Labute approximate surface area is 120 Å². The monoisotopic (exact) mass is 312 g/mol. The van der Waals surface area contributed by atoms with Crippen LogP contribution in [0.3, 0.4) is 0 Å². The molecular formula is C12H16ClF3N2O2. The maximum absolute atomic E-state index is 12.6. The number of ether oxygens (including phenoxy) is 2. The van der Waals surface area contributed by atoms with E-state index in [0.717, 1.165) is 12.1 Å². The van der Waals surface area contributed by atoms with E-state index in [1.807, 2.05) is 0 Å². The topological polar surface area (TPSA) is 43.4 Å². The van der Waals surface area contributed by atoms with Gasteiger partial charge in [-0.1, -0.05) is 11.6 Å². The van der Waals surface area contributed by atoms with Crippen LogP contribution in [-0.2, 0) is 15.7 Å². The fraction of sp³-hybridized carbons (Fsp3) is 0.583. The lowest BCUT2D eigenvalue weighted by Crippen LogP contribution is -2.11. The van der Waals surface area contributed by atoms with Crippen LogP contribution in [0, 0.1) is 0 Å². The molecule has 0 aliphatic carbocycles. The number of pyridine rings is 1. The molecule has 1 aromatic heterocycles. The second-order valence-corrected chi connectivity index (χ2v) is 4.33. The summed E-state index contributed by atoms with van der Waals surface area (Å²) >= 11 is 5.56. The molecule has 4 nitrogen and oxygen atoms in total. The van der Waals surface area contributed by atoms with Gasteiger partial charge in [-0.05, 0) is 18.6 Å². The summed E-state index contributed by atoms with van der Waals surface area (Å²) in [4.78, 5) is 3.79. The molecule has 114 valence electrons. The first kappa shape index (κ1) is 17.0. The maximum Gasteiger partial charge on any atom is 0.416 e. The van der Waals surface area contributed by atoms with Crippen LogP contribution in [0.2, 0.25) is 5.15 Å². The van der Waals surface area contributed by atoms with Gasteiger partial charge in [0.15, 0.2) is 0 Å². The molecule has 1 heterocycles. The Morgan fingerprint density at radius 2 is 2.00 bits per heavy atom. The summed E-state index contributed by atoms with van der Waals surface area (Å²) in [6.45, 7) is 1.93. The van der Waals surface area contributed by atoms with E-state index in [1.165, 1.54) is 0 Å². The molecule has 1 aromatic rings. The van der Waals surface area contributed by atoms with Crippen LogP contribution in [0.5, 0.6) is 0 Å². The predicted molar refractivity (Wildman–Crippen MR) is 70.1 cm³/mol. The van der Waals surface area contributed by atoms with E-state index in [9.17, 15) is 13.2 Å². The van der Waals surface area contributed by atoms with Crippen LogP contribution in [-0.4, -0.2) is 38.5 Å². The fourth-order valence-electron chi connectivity index (χ4n) is 1.39. The van der Waals surface area contributed by atoms with Gasteiger partial charge in [-0.3, -0.25) is 0 Å². The molecule has 0 unspecified atom stereocenters. The van der Waals surface area contributed by atoms with Crippen LogP contribution in [0.15, 0.2) is 12.1 Å². The normalized spacial score (nSPS) is 11.7. The molecule has 1 rings (SSSR count). The number of nitrogens with one attached hydrogen (secondary N) is 1. The van der Waals surface area contributed by atoms with Gasteiger partial charge in [-0.25, -0.2) is 4.98 Å². The third-order valence-electron chi connectivity index (χ3n) is 2.32. The second kappa shape index (κ2) is 8.28. The molecular weight excluding hydrogens is 297 g/mol. The molecule has 0 saturated carbocycles. The Bertz CT molecular complexity index is 416. The van der Waals surface area contributed by atoms with Gasteiger partial charge in [0.2, 0.25) is 0 Å². The van der Waals surface area contributed by atoms with Crippen molar-refractivity contribution in [2.75, 3.05) is 38.8 Å². The van der Waals surface area contributed by atoms with Gasteiger partial charge in [0.05, 0.1) is 18.8 Å². The summed E-state index contributed by atoms with van der Waals surface area (Å²) in [5.41, 5.74) is -0.823. The molecule has 0 bridgehead atoms. The van der Waals surface area contributed by atoms with Gasteiger partial charge >= 0.3 is 6.18 Å². The number of halogens is 4. The number of hydrogen-bond donors (Lipinski definition) is 1. The first-order valence-corrected chi connectivity index (χ1v) is 6.36. The molecule has 8 heteroatoms. The highest BCUT2D eigenvalue weighted by Crippen LogP contribution is 2.31. The average Bonchev–Trinajstić information content (AvgIpc) is 2.36. The van der Waals surface area contributed by atoms with E-state index in [1.54, 1.807) is 7.11 Å². The summed E-state index contributed by atoms with van der Waals surface area (Å²) in [7, 11) is 1.58. The van der Waals surface area contributed by atoms with Gasteiger partial charge in [0.25, 0.3) is 0 Å². The Balaban J connectivity index is 2.39. The molecule has 20 heavy (non-hydrogen) atoms. The van der Waals surface area contributed by atoms with E-state index >= 15 is 0 Å². The van der Waals surface area contributed by atoms with Crippen molar-refractivity contribution in [1.29, 1.82) is 0 Å². The van der Waals surface area contributed by atoms with Crippen molar-refractivity contribution in [1.82, 2.24) is 4.98 Å². The van der Waals surface area contributed by atoms with Crippen molar-refractivity contribution in [3.05, 3.63) is 22.8 Å². The standard InChI is InChI=1S/C12H16ClF3N2O2/c1-19-5-6-20-4-2-3-17-11-8-9(12(14,15)16)7-10(13)18-11/h7-8H,2-6H2,1H3,(H,17,18). The van der Waals surface area contributed by atoms with E-state index in [0.29, 0.717) is 32.8 Å². The number of alkyl halides is 3. The van der Waals surface area contributed by atoms with Crippen LogP contribution in [0.4, 0.5) is 19.0 Å². The Morgan fingerprint density at radius 3 is 2.65 bits per heavy atom. The summed E-state index contributed by atoms with van der Waals surface area (Å²) in [6.07, 6.45) is -3.80. The Morgan fingerprint density at radius 1 is 1.25 bits per heavy atom. The van der Waals surface area contributed by atoms with Gasteiger partial charge < -0.3 is 14.8 Å². The molecule has 0 saturated heterocycles. The SMILES string of the molecule is COCCOCCCNc1cc(C(F)(F)F)cc(Cl)n1. The minimum atomic E-state index is -4.44. The lowest BCUT2D eigenvalue weighted by atomic mass is 10.2. The van der Waals surface area contributed by atoms with Crippen molar-refractivity contribution >= 4 is 17.4 Å². The zero-order valence-corrected chi connectivity index (χ0v) is 11.7. The molecule has 0 aliphatic rings. The molecule has 0 aromatic carbocycles. The Hall–Kier alpha value is -1.05. The molecule has 0 fully saturated rings. The first-order valence-electron chi connectivity index (χ1n) is 5.99. The van der Waals surface area contributed by atoms with Crippen molar-refractivity contribution in [2.24, 2.45) is 0 Å². The van der Waals surface area contributed by atoms with E-state index < -0.39 is 11.7 Å². The van der Waals surface area contributed by atoms with Gasteiger partial charge in [0.1, 0.15) is 11.0 Å². The fourth-order valence-corrected chi connectivity index (χ4v) is 1.59. The number of rotatable bonds is 8. The van der Waals surface area contributed by atoms with Crippen LogP contribution >= 0.6 is 11.6 Å². The number of hydrogen-bond acceptors (Lipinski definition) is 4. The zero-order chi connectivity index (χ0) is 15.0. The molecule has 0 radical (unpaired) electrons. The first-order chi connectivity index (χ1) is 9.43. The van der Waals surface area contributed by atoms with Crippen LogP contribution in [0.25, 0.3) is 0 Å². The smallest absolute Gasteiger partial charge is 0.382 e. The molecule has 0 amide bonds. The lowest BCUT2D eigenvalue weighted by molar-refractivity contribution is -0.137. The summed E-state index contributed by atoms with van der Waals surface area (Å²) in [5.74, 6) is 0.0988. The third-order valence-corrected chi connectivity index (χ3v) is 2.52. The summed E-state index contributed by atoms with van der Waals surface area (Å²) < 4.78 is 47.7. The van der Waals surface area contributed by atoms with Gasteiger partial charge in [0, 0.05) is 20.3 Å². The number of methoxy groups -OCH3 is 1. The Kier molecular flexibility index (Phi) is 7.04. The number of nitrogens with zero attached hydrogens (tertiary/aromatic N) is 1. The lowest BCUT2D eigenvalue weighted by Gasteiger charge is -2.11. The molecule has 0 atom stereocenters. The summed E-state index contributed by atoms with van der Waals surface area (Å²) in [6, 6.07) is 1.72. The number of anilines is 1. The van der Waals surface area contributed by atoms with Crippen molar-refractivity contribution in [2.45, 2.75) is 12.6 Å². The maximum atomic E-state index is 12.6. The van der Waals surface area contributed by atoms with E-state index in [-0.39, 0.29) is 11.0 Å². The second-order valence-electron chi connectivity index (χ2n) is 3.95. The highest BCUT2D eigenvalue weighted by Gasteiger charge is 2.31. The van der Waals surface area contributed by atoms with Crippen molar-refractivity contribution in [3.8, 4) is 0 Å². The quantitative estimate of drug-likeness (QED) is 0.591. The van der Waals surface area contributed by atoms with Gasteiger partial charge in [-0.15, -0.1) is 0 Å². The predicted octanol–water partition coefficient (Wildman–Crippen LogP) is 3.22. The van der Waals surface area contributed by atoms with E-state index in [2.05, 4.69) is 10.3 Å². The zero-order valence-electron chi connectivity index (χ0n) is 11.0. The van der Waals surface area contributed by atoms with Crippen molar-refractivity contribution in [3.63, 3.8) is 0 Å². The molecule has 0 spiro atoms. The average molecular weight is 313 g/mol. The van der Waals surface area contributed by atoms with Gasteiger partial charge in [-0.2, -0.15) is 13.2 Å². The third kappa shape index (κ3) is 6.40. The molecule has 1 N–H and O–H groups in total. The van der Waals surface area contributed by atoms with E-state index in [4.69, 9.17) is 21.1 Å². The summed E-state index contributed by atoms with van der Waals surface area (Å²) in [5, 5.41) is 2.59. The number of aromatic nitrogens is 1. The highest BCUT2D eigenvalue weighted by molar-refractivity contribution is 6.29. The minimum Gasteiger partial charge on any atom is -0.382 e. The van der Waals surface area contributed by atoms with Crippen LogP contribution in [0.1, 0.15) is 12.0 Å².